The van der Waals surface area contributed by atoms with Gasteiger partial charge in [-0.1, -0.05) is 20.8 Å². The van der Waals surface area contributed by atoms with Crippen LogP contribution < -0.4 is 0 Å². The number of nitrogens with zero attached hydrogens (tertiary/aromatic N) is 2. The molecule has 152 valence electrons. The molecule has 1 aliphatic heterocycles. The molecule has 2 heterocycles. The topological polar surface area (TPSA) is 53.4 Å². The second-order valence-electron chi connectivity index (χ2n) is 8.58. The van der Waals surface area contributed by atoms with Crippen LogP contribution in [0.15, 0.2) is 18.3 Å². The first-order valence-corrected chi connectivity index (χ1v) is 9.39. The Hall–Kier alpha value is -1.47. The summed E-state index contributed by atoms with van der Waals surface area (Å²) in [6.45, 7) is 8.29. The number of likely N-dealkylation sites (tertiary alicyclic amines) is 1. The van der Waals surface area contributed by atoms with E-state index in [1.807, 2.05) is 20.8 Å². The van der Waals surface area contributed by atoms with Crippen LogP contribution in [0.2, 0.25) is 0 Å². The fraction of sp³-hybridized carbons (Fsp3) is 0.700. The molecular formula is C20H29F3N2O2. The standard InChI is InChI=1S/C20H29F3N2O2/c1-19(2,3)18(27)13-25-8-5-14(6-9-25)10-17(26)12-16-11-15(4-7-24-16)20(21,22)23/h4,7,11,14,18,27H,5-6,8-10,12-13H2,1-3H3. The van der Waals surface area contributed by atoms with E-state index in [-0.39, 0.29) is 29.2 Å². The number of hydrogen-bond donors (Lipinski definition) is 1. The van der Waals surface area contributed by atoms with Gasteiger partial charge in [-0.05, 0) is 49.4 Å². The fourth-order valence-electron chi connectivity index (χ4n) is 3.24. The molecule has 27 heavy (non-hydrogen) atoms. The third kappa shape index (κ3) is 6.88. The predicted octanol–water partition coefficient (Wildman–Crippen LogP) is 3.72. The quantitative estimate of drug-likeness (QED) is 0.810. The summed E-state index contributed by atoms with van der Waals surface area (Å²) >= 11 is 0. The van der Waals surface area contributed by atoms with Crippen LogP contribution in [0.25, 0.3) is 0 Å². The maximum absolute atomic E-state index is 12.7. The SMILES string of the molecule is CC(C)(C)C(O)CN1CCC(CC(=O)Cc2cc(C(F)(F)F)ccn2)CC1. The Kier molecular flexibility index (Phi) is 7.03. The molecule has 1 N–H and O–H groups in total. The molecule has 1 fully saturated rings. The zero-order chi connectivity index (χ0) is 20.2. The predicted molar refractivity (Wildman–Crippen MR) is 97.2 cm³/mol. The highest BCUT2D eigenvalue weighted by Crippen LogP contribution is 2.29. The highest BCUT2D eigenvalue weighted by atomic mass is 19.4. The average Bonchev–Trinajstić information content (AvgIpc) is 2.55. The molecule has 0 saturated carbocycles. The molecule has 7 heteroatoms. The number of ketones is 1. The van der Waals surface area contributed by atoms with Crippen LogP contribution in [0.3, 0.4) is 0 Å². The van der Waals surface area contributed by atoms with Crippen molar-refractivity contribution >= 4 is 5.78 Å². The zero-order valence-electron chi connectivity index (χ0n) is 16.2. The van der Waals surface area contributed by atoms with Crippen LogP contribution in [0.1, 0.15) is 51.3 Å². The molecule has 0 amide bonds. The number of carbonyl (C=O) groups is 1. The maximum atomic E-state index is 12.7. The summed E-state index contributed by atoms with van der Waals surface area (Å²) in [5, 5.41) is 10.2. The van der Waals surface area contributed by atoms with Crippen LogP contribution in [-0.2, 0) is 17.4 Å². The van der Waals surface area contributed by atoms with E-state index in [0.717, 1.165) is 44.3 Å². The molecule has 0 aliphatic carbocycles. The summed E-state index contributed by atoms with van der Waals surface area (Å²) in [6, 6.07) is 1.87. The van der Waals surface area contributed by atoms with Gasteiger partial charge in [0.05, 0.1) is 11.7 Å². The number of Topliss-reactive ketones (excluding diaryl/α,β-unsaturated/α-hetero) is 1. The van der Waals surface area contributed by atoms with E-state index in [0.29, 0.717) is 13.0 Å². The van der Waals surface area contributed by atoms with Crippen molar-refractivity contribution in [1.29, 1.82) is 0 Å². The van der Waals surface area contributed by atoms with Crippen molar-refractivity contribution in [3.8, 4) is 0 Å². The highest BCUT2D eigenvalue weighted by Gasteiger charge is 2.31. The molecule has 0 radical (unpaired) electrons. The van der Waals surface area contributed by atoms with Crippen LogP contribution in [-0.4, -0.2) is 46.5 Å². The molecule has 0 spiro atoms. The summed E-state index contributed by atoms with van der Waals surface area (Å²) in [7, 11) is 0. The molecule has 1 atom stereocenters. The lowest BCUT2D eigenvalue weighted by atomic mass is 9.87. The number of aromatic nitrogens is 1. The number of alkyl halides is 3. The van der Waals surface area contributed by atoms with E-state index in [1.54, 1.807) is 0 Å². The van der Waals surface area contributed by atoms with Crippen molar-refractivity contribution in [3.05, 3.63) is 29.6 Å². The lowest BCUT2D eigenvalue weighted by Crippen LogP contribution is -2.43. The van der Waals surface area contributed by atoms with E-state index in [4.69, 9.17) is 0 Å². The average molecular weight is 386 g/mol. The van der Waals surface area contributed by atoms with Gasteiger partial charge in [0.25, 0.3) is 0 Å². The maximum Gasteiger partial charge on any atom is 0.416 e. The first kappa shape index (κ1) is 21.8. The molecule has 0 aromatic carbocycles. The van der Waals surface area contributed by atoms with E-state index in [2.05, 4.69) is 9.88 Å². The number of carbonyl (C=O) groups excluding carboxylic acids is 1. The first-order chi connectivity index (χ1) is 12.4. The van der Waals surface area contributed by atoms with E-state index in [1.165, 1.54) is 0 Å². The van der Waals surface area contributed by atoms with Gasteiger partial charge in [0.1, 0.15) is 5.78 Å². The monoisotopic (exact) mass is 386 g/mol. The van der Waals surface area contributed by atoms with E-state index < -0.39 is 17.8 Å². The number of pyridine rings is 1. The summed E-state index contributed by atoms with van der Waals surface area (Å²) in [5.74, 6) is 0.168. The van der Waals surface area contributed by atoms with Gasteiger partial charge in [-0.3, -0.25) is 9.78 Å². The Morgan fingerprint density at radius 3 is 2.48 bits per heavy atom. The van der Waals surface area contributed by atoms with Crippen LogP contribution in [0.5, 0.6) is 0 Å². The molecule has 2 rings (SSSR count). The summed E-state index contributed by atoms with van der Waals surface area (Å²) in [5.41, 5.74) is -0.767. The number of β-amino-alcohol motifs (C(OH)–C–C–N with tert-alkyl or cyclic N) is 1. The Bertz CT molecular complexity index is 633. The lowest BCUT2D eigenvalue weighted by Gasteiger charge is -2.36. The fourth-order valence-corrected chi connectivity index (χ4v) is 3.24. The third-order valence-corrected chi connectivity index (χ3v) is 5.18. The Morgan fingerprint density at radius 2 is 1.93 bits per heavy atom. The number of hydrogen-bond acceptors (Lipinski definition) is 4. The van der Waals surface area contributed by atoms with Crippen LogP contribution in [0.4, 0.5) is 13.2 Å². The molecule has 1 saturated heterocycles. The van der Waals surface area contributed by atoms with Gasteiger partial charge in [0, 0.05) is 31.3 Å². The summed E-state index contributed by atoms with van der Waals surface area (Å²) < 4.78 is 38.2. The third-order valence-electron chi connectivity index (χ3n) is 5.18. The number of rotatable bonds is 6. The number of halogens is 3. The van der Waals surface area contributed by atoms with Crippen LogP contribution in [0, 0.1) is 11.3 Å². The van der Waals surface area contributed by atoms with Gasteiger partial charge in [0.15, 0.2) is 0 Å². The Labute approximate surface area is 158 Å². The number of piperidine rings is 1. The Morgan fingerprint density at radius 1 is 1.30 bits per heavy atom. The molecule has 1 aromatic rings. The summed E-state index contributed by atoms with van der Waals surface area (Å²) in [4.78, 5) is 18.4. The number of aliphatic hydroxyl groups is 1. The minimum Gasteiger partial charge on any atom is -0.391 e. The van der Waals surface area contributed by atoms with Gasteiger partial charge in [-0.2, -0.15) is 13.2 Å². The van der Waals surface area contributed by atoms with Crippen molar-refractivity contribution < 1.29 is 23.1 Å². The van der Waals surface area contributed by atoms with E-state index >= 15 is 0 Å². The van der Waals surface area contributed by atoms with Gasteiger partial charge >= 0.3 is 6.18 Å². The van der Waals surface area contributed by atoms with E-state index in [9.17, 15) is 23.1 Å². The first-order valence-electron chi connectivity index (χ1n) is 9.39. The number of aliphatic hydroxyl groups excluding tert-OH is 1. The molecule has 4 nitrogen and oxygen atoms in total. The molecule has 1 unspecified atom stereocenters. The molecule has 1 aliphatic rings. The largest absolute Gasteiger partial charge is 0.416 e. The smallest absolute Gasteiger partial charge is 0.391 e. The van der Waals surface area contributed by atoms with Crippen LogP contribution >= 0.6 is 0 Å². The molecule has 0 bridgehead atoms. The minimum atomic E-state index is -4.43. The molecular weight excluding hydrogens is 357 g/mol. The van der Waals surface area contributed by atoms with Gasteiger partial charge in [-0.15, -0.1) is 0 Å². The second-order valence-corrected chi connectivity index (χ2v) is 8.58. The normalized spacial score (nSPS) is 18.5. The van der Waals surface area contributed by atoms with Crippen molar-refractivity contribution in [2.75, 3.05) is 19.6 Å². The second kappa shape index (κ2) is 8.69. The van der Waals surface area contributed by atoms with Crippen molar-refractivity contribution in [3.63, 3.8) is 0 Å². The van der Waals surface area contributed by atoms with Gasteiger partial charge in [-0.25, -0.2) is 0 Å². The minimum absolute atomic E-state index is 0.0626. The lowest BCUT2D eigenvalue weighted by molar-refractivity contribution is -0.137. The van der Waals surface area contributed by atoms with Crippen molar-refractivity contribution in [2.45, 2.75) is 58.7 Å². The van der Waals surface area contributed by atoms with Gasteiger partial charge < -0.3 is 10.0 Å². The van der Waals surface area contributed by atoms with Gasteiger partial charge in [0.2, 0.25) is 0 Å². The molecule has 1 aromatic heterocycles. The highest BCUT2D eigenvalue weighted by molar-refractivity contribution is 5.80. The van der Waals surface area contributed by atoms with Crippen molar-refractivity contribution in [2.24, 2.45) is 11.3 Å². The zero-order valence-corrected chi connectivity index (χ0v) is 16.2. The summed E-state index contributed by atoms with van der Waals surface area (Å²) in [6.07, 6.45) is -1.70. The van der Waals surface area contributed by atoms with Crippen molar-refractivity contribution in [1.82, 2.24) is 9.88 Å². The Balaban J connectivity index is 1.80.